The lowest BCUT2D eigenvalue weighted by molar-refractivity contribution is 0.102. The van der Waals surface area contributed by atoms with E-state index in [1.807, 2.05) is 36.4 Å². The summed E-state index contributed by atoms with van der Waals surface area (Å²) in [5.74, 6) is -0.412. The number of nitrogens with one attached hydrogen (secondary N) is 1. The molecule has 0 saturated carbocycles. The van der Waals surface area contributed by atoms with Crippen molar-refractivity contribution >= 4 is 34.1 Å². The van der Waals surface area contributed by atoms with Crippen LogP contribution >= 0.6 is 0 Å². The van der Waals surface area contributed by atoms with Crippen LogP contribution in [0.25, 0.3) is 22.3 Å². The normalized spacial score (nSPS) is 13.7. The van der Waals surface area contributed by atoms with Gasteiger partial charge in [0.1, 0.15) is 0 Å². The minimum Gasteiger partial charge on any atom is -0.382 e. The SMILES string of the molecule is NCCc1ccc(-c2cnc(N)c(C(=O)Nc3cnc4ncccc4c3N3CCOCC3)n2)cc1. The Balaban J connectivity index is 1.48. The number of aromatic nitrogens is 4. The van der Waals surface area contributed by atoms with Gasteiger partial charge in [0.2, 0.25) is 0 Å². The standard InChI is InChI=1S/C25H26N8O2/c26-8-7-16-3-5-17(6-4-16)19-14-29-23(27)21(31-19)25(34)32-20-15-30-24-18(2-1-9-28-24)22(20)33-10-12-35-13-11-33/h1-6,9,14-15H,7-8,10-13,26H2,(H2,27,29)(H,32,34). The van der Waals surface area contributed by atoms with Gasteiger partial charge in [-0.05, 0) is 30.7 Å². The molecule has 10 heteroatoms. The number of ether oxygens (including phenoxy) is 1. The lowest BCUT2D eigenvalue weighted by atomic mass is 10.1. The number of fused-ring (bicyclic) bond motifs is 1. The predicted molar refractivity (Wildman–Crippen MR) is 135 cm³/mol. The number of anilines is 3. The number of nitrogens with zero attached hydrogens (tertiary/aromatic N) is 5. The lowest BCUT2D eigenvalue weighted by Crippen LogP contribution is -2.37. The Morgan fingerprint density at radius 2 is 1.86 bits per heavy atom. The van der Waals surface area contributed by atoms with Crippen molar-refractivity contribution in [3.63, 3.8) is 0 Å². The van der Waals surface area contributed by atoms with Gasteiger partial charge >= 0.3 is 0 Å². The van der Waals surface area contributed by atoms with E-state index in [0.717, 1.165) is 28.6 Å². The molecule has 4 heterocycles. The van der Waals surface area contributed by atoms with Crippen LogP contribution in [0.3, 0.4) is 0 Å². The average molecular weight is 471 g/mol. The number of morpholine rings is 1. The maximum absolute atomic E-state index is 13.3. The largest absolute Gasteiger partial charge is 0.382 e. The van der Waals surface area contributed by atoms with Crippen molar-refractivity contribution in [1.29, 1.82) is 0 Å². The van der Waals surface area contributed by atoms with Gasteiger partial charge in [-0.3, -0.25) is 4.79 Å². The molecule has 10 nitrogen and oxygen atoms in total. The maximum atomic E-state index is 13.3. The number of pyridine rings is 2. The summed E-state index contributed by atoms with van der Waals surface area (Å²) < 4.78 is 5.51. The highest BCUT2D eigenvalue weighted by Crippen LogP contribution is 2.33. The van der Waals surface area contributed by atoms with Crippen LogP contribution in [0, 0.1) is 0 Å². The topological polar surface area (TPSA) is 145 Å². The van der Waals surface area contributed by atoms with E-state index >= 15 is 0 Å². The maximum Gasteiger partial charge on any atom is 0.278 e. The highest BCUT2D eigenvalue weighted by molar-refractivity contribution is 6.10. The van der Waals surface area contributed by atoms with Crippen molar-refractivity contribution < 1.29 is 9.53 Å². The summed E-state index contributed by atoms with van der Waals surface area (Å²) in [4.78, 5) is 33.0. The monoisotopic (exact) mass is 470 g/mol. The van der Waals surface area contributed by atoms with Crippen LogP contribution in [0.15, 0.2) is 55.0 Å². The number of amides is 1. The van der Waals surface area contributed by atoms with Crippen molar-refractivity contribution in [3.8, 4) is 11.3 Å². The molecule has 178 valence electrons. The van der Waals surface area contributed by atoms with Gasteiger partial charge in [0.15, 0.2) is 17.2 Å². The first-order valence-electron chi connectivity index (χ1n) is 11.4. The second kappa shape index (κ2) is 10.00. The summed E-state index contributed by atoms with van der Waals surface area (Å²) in [6.07, 6.45) is 5.66. The second-order valence-corrected chi connectivity index (χ2v) is 8.17. The first kappa shape index (κ1) is 22.6. The van der Waals surface area contributed by atoms with Crippen molar-refractivity contribution in [2.45, 2.75) is 6.42 Å². The zero-order chi connectivity index (χ0) is 24.2. The molecule has 35 heavy (non-hydrogen) atoms. The van der Waals surface area contributed by atoms with Crippen molar-refractivity contribution in [1.82, 2.24) is 19.9 Å². The molecule has 1 aliphatic rings. The van der Waals surface area contributed by atoms with Gasteiger partial charge in [0.05, 0.1) is 42.7 Å². The number of rotatable bonds is 6. The average Bonchev–Trinajstić information content (AvgIpc) is 2.90. The number of carbonyl (C=O) groups is 1. The number of hydrogen-bond acceptors (Lipinski definition) is 9. The van der Waals surface area contributed by atoms with Crippen LogP contribution in [0.4, 0.5) is 17.2 Å². The number of nitrogen functional groups attached to an aromatic ring is 1. The summed E-state index contributed by atoms with van der Waals surface area (Å²) in [5, 5.41) is 3.80. The highest BCUT2D eigenvalue weighted by atomic mass is 16.5. The summed E-state index contributed by atoms with van der Waals surface area (Å²) in [7, 11) is 0. The van der Waals surface area contributed by atoms with E-state index < -0.39 is 5.91 Å². The summed E-state index contributed by atoms with van der Waals surface area (Å²) >= 11 is 0. The van der Waals surface area contributed by atoms with Crippen molar-refractivity contribution in [2.75, 3.05) is 48.8 Å². The van der Waals surface area contributed by atoms with Crippen LogP contribution in [0.5, 0.6) is 0 Å². The molecule has 3 aromatic heterocycles. The van der Waals surface area contributed by atoms with E-state index in [1.165, 1.54) is 0 Å². The molecule has 5 N–H and O–H groups in total. The highest BCUT2D eigenvalue weighted by Gasteiger charge is 2.22. The Morgan fingerprint density at radius 1 is 1.06 bits per heavy atom. The Bertz CT molecular complexity index is 1350. The van der Waals surface area contributed by atoms with Gasteiger partial charge in [0.25, 0.3) is 5.91 Å². The molecular formula is C25H26N8O2. The molecule has 0 bridgehead atoms. The molecule has 1 saturated heterocycles. The van der Waals surface area contributed by atoms with E-state index in [4.69, 9.17) is 16.2 Å². The molecule has 5 rings (SSSR count). The molecule has 0 aliphatic carbocycles. The summed E-state index contributed by atoms with van der Waals surface area (Å²) in [6.45, 7) is 3.16. The third kappa shape index (κ3) is 4.75. The van der Waals surface area contributed by atoms with Crippen molar-refractivity contribution in [2.24, 2.45) is 5.73 Å². The number of benzene rings is 1. The smallest absolute Gasteiger partial charge is 0.278 e. The summed E-state index contributed by atoms with van der Waals surface area (Å²) in [6, 6.07) is 11.6. The van der Waals surface area contributed by atoms with Crippen LogP contribution in [0.1, 0.15) is 16.1 Å². The second-order valence-electron chi connectivity index (χ2n) is 8.17. The molecule has 0 spiro atoms. The third-order valence-corrected chi connectivity index (χ3v) is 5.89. The van der Waals surface area contributed by atoms with E-state index in [-0.39, 0.29) is 11.5 Å². The summed E-state index contributed by atoms with van der Waals surface area (Å²) in [5.41, 5.74) is 16.3. The van der Waals surface area contributed by atoms with Gasteiger partial charge in [0, 0.05) is 30.2 Å². The number of carbonyl (C=O) groups excluding carboxylic acids is 1. The first-order chi connectivity index (χ1) is 17.1. The molecule has 0 radical (unpaired) electrons. The van der Waals surface area contributed by atoms with Gasteiger partial charge < -0.3 is 26.4 Å². The molecule has 1 aliphatic heterocycles. The Kier molecular flexibility index (Phi) is 6.47. The number of nitrogens with two attached hydrogens (primary N) is 2. The zero-order valence-corrected chi connectivity index (χ0v) is 19.1. The van der Waals surface area contributed by atoms with Crippen LogP contribution < -0.4 is 21.7 Å². The molecule has 0 atom stereocenters. The molecular weight excluding hydrogens is 444 g/mol. The van der Waals surface area contributed by atoms with E-state index in [2.05, 4.69) is 30.2 Å². The number of hydrogen-bond donors (Lipinski definition) is 3. The van der Waals surface area contributed by atoms with Crippen molar-refractivity contribution in [3.05, 3.63) is 66.2 Å². The Morgan fingerprint density at radius 3 is 2.63 bits per heavy atom. The minimum absolute atomic E-state index is 0.0488. The Labute approximate surface area is 202 Å². The fraction of sp³-hybridized carbons (Fsp3) is 0.240. The minimum atomic E-state index is -0.462. The quantitative estimate of drug-likeness (QED) is 0.386. The van der Waals surface area contributed by atoms with E-state index in [0.29, 0.717) is 49.9 Å². The van der Waals surface area contributed by atoms with Gasteiger partial charge in [-0.25, -0.2) is 19.9 Å². The molecule has 0 unspecified atom stereocenters. The Hall–Kier alpha value is -4.15. The van der Waals surface area contributed by atoms with Gasteiger partial charge in [-0.1, -0.05) is 24.3 Å². The molecule has 4 aromatic rings. The first-order valence-corrected chi connectivity index (χ1v) is 11.4. The van der Waals surface area contributed by atoms with E-state index in [1.54, 1.807) is 18.6 Å². The van der Waals surface area contributed by atoms with Gasteiger partial charge in [-0.15, -0.1) is 0 Å². The zero-order valence-electron chi connectivity index (χ0n) is 19.1. The lowest BCUT2D eigenvalue weighted by Gasteiger charge is -2.31. The van der Waals surface area contributed by atoms with Crippen LogP contribution in [0.2, 0.25) is 0 Å². The fourth-order valence-electron chi connectivity index (χ4n) is 4.13. The molecule has 1 amide bonds. The molecule has 1 aromatic carbocycles. The molecule has 1 fully saturated rings. The fourth-order valence-corrected chi connectivity index (χ4v) is 4.13. The van der Waals surface area contributed by atoms with Gasteiger partial charge in [-0.2, -0.15) is 0 Å². The third-order valence-electron chi connectivity index (χ3n) is 5.89. The van der Waals surface area contributed by atoms with Crippen LogP contribution in [-0.4, -0.2) is 58.7 Å². The van der Waals surface area contributed by atoms with E-state index in [9.17, 15) is 4.79 Å². The predicted octanol–water partition coefficient (Wildman–Crippen LogP) is 2.26. The van der Waals surface area contributed by atoms with Crippen LogP contribution in [-0.2, 0) is 11.2 Å².